The number of amides is 2. The van der Waals surface area contributed by atoms with Crippen LogP contribution < -0.4 is 33.9 Å². The van der Waals surface area contributed by atoms with Crippen molar-refractivity contribution in [1.29, 1.82) is 0 Å². The number of benzene rings is 2. The van der Waals surface area contributed by atoms with Crippen LogP contribution >= 0.6 is 0 Å². The highest BCUT2D eigenvalue weighted by Crippen LogP contribution is 2.42. The second-order valence-electron chi connectivity index (χ2n) is 7.59. The summed E-state index contributed by atoms with van der Waals surface area (Å²) in [7, 11) is 4.47. The molecule has 174 valence electrons. The van der Waals surface area contributed by atoms with Crippen molar-refractivity contribution >= 4 is 29.0 Å². The van der Waals surface area contributed by atoms with E-state index in [4.69, 9.17) is 23.7 Å². The normalized spacial score (nSPS) is 16.5. The average molecular weight is 456 g/mol. The molecule has 1 unspecified atom stereocenters. The largest absolute Gasteiger partial charge is 0.493 e. The number of carbonyl (C=O) groups excluding carboxylic acids is 3. The Kier molecular flexibility index (Phi) is 5.99. The Hall–Kier alpha value is -3.95. The molecule has 2 aliphatic heterocycles. The average Bonchev–Trinajstić information content (AvgIpc) is 3.43. The third kappa shape index (κ3) is 4.11. The molecule has 33 heavy (non-hydrogen) atoms. The number of ether oxygens (including phenoxy) is 5. The fourth-order valence-corrected chi connectivity index (χ4v) is 3.93. The van der Waals surface area contributed by atoms with Gasteiger partial charge in [-0.3, -0.25) is 14.4 Å². The van der Waals surface area contributed by atoms with Gasteiger partial charge in [0.1, 0.15) is 0 Å². The molecule has 2 aromatic carbocycles. The lowest BCUT2D eigenvalue weighted by atomic mass is 10.1. The third-order valence-corrected chi connectivity index (χ3v) is 5.61. The summed E-state index contributed by atoms with van der Waals surface area (Å²) in [5.41, 5.74) is 1.14. The van der Waals surface area contributed by atoms with Crippen molar-refractivity contribution in [3.63, 3.8) is 0 Å². The molecule has 4 rings (SSSR count). The molecule has 0 radical (unpaired) electrons. The van der Waals surface area contributed by atoms with Crippen LogP contribution in [0.3, 0.4) is 0 Å². The fourth-order valence-electron chi connectivity index (χ4n) is 3.93. The first-order valence-electron chi connectivity index (χ1n) is 10.2. The number of nitrogens with one attached hydrogen (secondary N) is 1. The number of anilines is 2. The highest BCUT2D eigenvalue weighted by molar-refractivity contribution is 6.07. The number of methoxy groups -OCH3 is 3. The van der Waals surface area contributed by atoms with Gasteiger partial charge in [0.25, 0.3) is 0 Å². The van der Waals surface area contributed by atoms with Crippen molar-refractivity contribution in [3.05, 3.63) is 29.8 Å². The predicted molar refractivity (Wildman–Crippen MR) is 118 cm³/mol. The predicted octanol–water partition coefficient (Wildman–Crippen LogP) is 2.64. The summed E-state index contributed by atoms with van der Waals surface area (Å²) >= 11 is 0. The van der Waals surface area contributed by atoms with Gasteiger partial charge in [-0.2, -0.15) is 0 Å². The van der Waals surface area contributed by atoms with Crippen LogP contribution in [0.1, 0.15) is 23.7 Å². The van der Waals surface area contributed by atoms with Crippen molar-refractivity contribution in [2.75, 3.05) is 44.9 Å². The van der Waals surface area contributed by atoms with Gasteiger partial charge in [0.05, 0.1) is 38.6 Å². The van der Waals surface area contributed by atoms with Crippen molar-refractivity contribution in [1.82, 2.24) is 0 Å². The Labute approximate surface area is 190 Å². The molecule has 2 amide bonds. The lowest BCUT2D eigenvalue weighted by Crippen LogP contribution is -2.28. The van der Waals surface area contributed by atoms with Gasteiger partial charge in [-0.25, -0.2) is 0 Å². The SMILES string of the molecule is COc1cc(N2CC(C(=O)Nc3cc4c(cc3C(C)=O)OCO4)CC2=O)cc(OC)c1OC. The zero-order valence-electron chi connectivity index (χ0n) is 18.7. The molecule has 10 heteroatoms. The number of hydrogen-bond donors (Lipinski definition) is 1. The molecular formula is C23H24N2O8. The first kappa shape index (κ1) is 22.3. The Bertz CT molecular complexity index is 1100. The van der Waals surface area contributed by atoms with Crippen molar-refractivity contribution in [2.24, 2.45) is 5.92 Å². The van der Waals surface area contributed by atoms with Gasteiger partial charge >= 0.3 is 0 Å². The Morgan fingerprint density at radius 2 is 1.64 bits per heavy atom. The van der Waals surface area contributed by atoms with Gasteiger partial charge in [0, 0.05) is 36.7 Å². The van der Waals surface area contributed by atoms with E-state index in [9.17, 15) is 14.4 Å². The van der Waals surface area contributed by atoms with Gasteiger partial charge in [-0.05, 0) is 13.0 Å². The maximum absolute atomic E-state index is 13.0. The van der Waals surface area contributed by atoms with Gasteiger partial charge in [-0.1, -0.05) is 0 Å². The van der Waals surface area contributed by atoms with E-state index in [0.29, 0.717) is 45.7 Å². The van der Waals surface area contributed by atoms with Crippen LogP contribution in [0.2, 0.25) is 0 Å². The van der Waals surface area contributed by atoms with E-state index in [2.05, 4.69) is 5.32 Å². The molecule has 0 saturated carbocycles. The first-order chi connectivity index (χ1) is 15.9. The van der Waals surface area contributed by atoms with Gasteiger partial charge in [0.2, 0.25) is 24.4 Å². The minimum Gasteiger partial charge on any atom is -0.493 e. The van der Waals surface area contributed by atoms with Crippen LogP contribution in [-0.4, -0.2) is 52.3 Å². The van der Waals surface area contributed by atoms with Crippen LogP contribution in [0, 0.1) is 5.92 Å². The highest BCUT2D eigenvalue weighted by atomic mass is 16.7. The minimum absolute atomic E-state index is 0.0163. The van der Waals surface area contributed by atoms with Crippen LogP contribution in [0.25, 0.3) is 0 Å². The van der Waals surface area contributed by atoms with E-state index in [-0.39, 0.29) is 37.4 Å². The molecule has 1 atom stereocenters. The number of ketones is 1. The van der Waals surface area contributed by atoms with Gasteiger partial charge in [-0.15, -0.1) is 0 Å². The smallest absolute Gasteiger partial charge is 0.231 e. The quantitative estimate of drug-likeness (QED) is 0.633. The van der Waals surface area contributed by atoms with E-state index in [1.807, 2.05) is 0 Å². The maximum Gasteiger partial charge on any atom is 0.231 e. The fraction of sp³-hybridized carbons (Fsp3) is 0.348. The van der Waals surface area contributed by atoms with Crippen LogP contribution in [0.15, 0.2) is 24.3 Å². The summed E-state index contributed by atoms with van der Waals surface area (Å²) < 4.78 is 26.7. The molecule has 2 aromatic rings. The zero-order chi connectivity index (χ0) is 23.7. The molecule has 1 saturated heterocycles. The molecule has 0 aromatic heterocycles. The molecule has 10 nitrogen and oxygen atoms in total. The monoisotopic (exact) mass is 456 g/mol. The van der Waals surface area contributed by atoms with Crippen LogP contribution in [0.4, 0.5) is 11.4 Å². The number of Topliss-reactive ketones (excluding diaryl/α,β-unsaturated/α-hetero) is 1. The third-order valence-electron chi connectivity index (χ3n) is 5.61. The molecule has 1 N–H and O–H groups in total. The number of nitrogens with zero attached hydrogens (tertiary/aromatic N) is 1. The van der Waals surface area contributed by atoms with Crippen molar-refractivity contribution < 1.29 is 38.1 Å². The molecule has 0 spiro atoms. The second kappa shape index (κ2) is 8.89. The Balaban J connectivity index is 1.56. The minimum atomic E-state index is -0.623. The Morgan fingerprint density at radius 1 is 1.00 bits per heavy atom. The summed E-state index contributed by atoms with van der Waals surface area (Å²) in [4.78, 5) is 39.4. The van der Waals surface area contributed by atoms with Crippen molar-refractivity contribution in [2.45, 2.75) is 13.3 Å². The van der Waals surface area contributed by atoms with Gasteiger partial charge in [0.15, 0.2) is 28.8 Å². The first-order valence-corrected chi connectivity index (χ1v) is 10.2. The summed E-state index contributed by atoms with van der Waals surface area (Å²) in [6.45, 7) is 1.60. The number of carbonyl (C=O) groups is 3. The maximum atomic E-state index is 13.0. The number of rotatable bonds is 7. The van der Waals surface area contributed by atoms with Gasteiger partial charge < -0.3 is 33.9 Å². The summed E-state index contributed by atoms with van der Waals surface area (Å²) in [6.07, 6.45) is 0.0163. The van der Waals surface area contributed by atoms with E-state index in [1.165, 1.54) is 33.2 Å². The molecule has 2 heterocycles. The molecular weight excluding hydrogens is 432 g/mol. The lowest BCUT2D eigenvalue weighted by molar-refractivity contribution is -0.122. The van der Waals surface area contributed by atoms with E-state index in [0.717, 1.165) is 0 Å². The van der Waals surface area contributed by atoms with E-state index < -0.39 is 5.92 Å². The van der Waals surface area contributed by atoms with E-state index in [1.54, 1.807) is 24.3 Å². The Morgan fingerprint density at radius 3 is 2.21 bits per heavy atom. The summed E-state index contributed by atoms with van der Waals surface area (Å²) in [6, 6.07) is 6.42. The lowest BCUT2D eigenvalue weighted by Gasteiger charge is -2.20. The number of fused-ring (bicyclic) bond motifs is 1. The summed E-state index contributed by atoms with van der Waals surface area (Å²) in [5.74, 6) is 0.649. The standard InChI is InChI=1S/C23H24N2O8/c1-12(26)15-8-17-18(33-11-32-17)9-16(15)24-23(28)13-5-21(27)25(10-13)14-6-19(29-2)22(31-4)20(7-14)30-3/h6-9,13H,5,10-11H2,1-4H3,(H,24,28). The molecule has 0 bridgehead atoms. The zero-order valence-corrected chi connectivity index (χ0v) is 18.7. The number of hydrogen-bond acceptors (Lipinski definition) is 8. The highest BCUT2D eigenvalue weighted by Gasteiger charge is 2.36. The topological polar surface area (TPSA) is 113 Å². The van der Waals surface area contributed by atoms with Crippen LogP contribution in [0.5, 0.6) is 28.7 Å². The molecule has 2 aliphatic rings. The second-order valence-corrected chi connectivity index (χ2v) is 7.59. The van der Waals surface area contributed by atoms with Crippen molar-refractivity contribution in [3.8, 4) is 28.7 Å². The van der Waals surface area contributed by atoms with Crippen LogP contribution in [-0.2, 0) is 9.59 Å². The molecule has 0 aliphatic carbocycles. The summed E-state index contributed by atoms with van der Waals surface area (Å²) in [5, 5.41) is 2.78. The van der Waals surface area contributed by atoms with E-state index >= 15 is 0 Å². The molecule has 1 fully saturated rings.